The molecule has 0 fully saturated rings. The second-order valence-corrected chi connectivity index (χ2v) is 6.49. The topological polar surface area (TPSA) is 53.9 Å². The largest absolute Gasteiger partial charge is 0.497 e. The molecule has 0 bridgehead atoms. The number of hydrogen-bond donors (Lipinski definition) is 1. The maximum Gasteiger partial charge on any atom is 0.252 e. The third kappa shape index (κ3) is 4.37. The van der Waals surface area contributed by atoms with Gasteiger partial charge in [-0.05, 0) is 36.6 Å². The third-order valence-corrected chi connectivity index (χ3v) is 4.69. The number of allylic oxidation sites excluding steroid dienone is 1. The van der Waals surface area contributed by atoms with Gasteiger partial charge in [0.1, 0.15) is 5.75 Å². The molecule has 25 heavy (non-hydrogen) atoms. The lowest BCUT2D eigenvalue weighted by Crippen LogP contribution is -2.40. The highest BCUT2D eigenvalue weighted by Gasteiger charge is 2.20. The van der Waals surface area contributed by atoms with Gasteiger partial charge in [-0.25, -0.2) is 0 Å². The van der Waals surface area contributed by atoms with Crippen LogP contribution in [-0.4, -0.2) is 43.4 Å². The lowest BCUT2D eigenvalue weighted by atomic mass is 9.90. The second kappa shape index (κ2) is 8.12. The second-order valence-electron chi connectivity index (χ2n) is 6.49. The van der Waals surface area contributed by atoms with Gasteiger partial charge in [-0.15, -0.1) is 0 Å². The van der Waals surface area contributed by atoms with Crippen molar-refractivity contribution < 1.29 is 9.53 Å². The molecule has 132 valence electrons. The Bertz CT molecular complexity index is 721. The minimum atomic E-state index is -0.0795. The van der Waals surface area contributed by atoms with E-state index in [0.29, 0.717) is 23.9 Å². The van der Waals surface area contributed by atoms with E-state index in [4.69, 9.17) is 4.74 Å². The molecule has 1 unspecified atom stereocenters. The van der Waals surface area contributed by atoms with Gasteiger partial charge >= 0.3 is 0 Å². The molecule has 0 saturated carbocycles. The van der Waals surface area contributed by atoms with Crippen LogP contribution in [0.15, 0.2) is 53.2 Å². The fourth-order valence-corrected chi connectivity index (χ4v) is 3.17. The van der Waals surface area contributed by atoms with Gasteiger partial charge in [0.05, 0.1) is 13.8 Å². The summed E-state index contributed by atoms with van der Waals surface area (Å²) in [6.07, 6.45) is 8.33. The van der Waals surface area contributed by atoms with Crippen molar-refractivity contribution in [2.75, 3.05) is 26.9 Å². The molecule has 1 aromatic carbocycles. The summed E-state index contributed by atoms with van der Waals surface area (Å²) >= 11 is 0. The van der Waals surface area contributed by atoms with Crippen molar-refractivity contribution in [3.63, 3.8) is 0 Å². The monoisotopic (exact) mass is 339 g/mol. The summed E-state index contributed by atoms with van der Waals surface area (Å²) in [7, 11) is 1.60. The fraction of sp³-hybridized carbons (Fsp3) is 0.400. The van der Waals surface area contributed by atoms with E-state index in [1.165, 1.54) is 11.3 Å². The minimum absolute atomic E-state index is 0.0795. The van der Waals surface area contributed by atoms with Gasteiger partial charge in [-0.1, -0.05) is 25.1 Å². The summed E-state index contributed by atoms with van der Waals surface area (Å²) in [6, 6.07) is 7.20. The van der Waals surface area contributed by atoms with Crippen LogP contribution in [0.25, 0.3) is 0 Å². The zero-order chi connectivity index (χ0) is 17.6. The summed E-state index contributed by atoms with van der Waals surface area (Å²) < 4.78 is 5.16. The van der Waals surface area contributed by atoms with E-state index in [0.717, 1.165) is 25.9 Å². The number of nitrogens with one attached hydrogen (secondary N) is 1. The lowest BCUT2D eigenvalue weighted by Gasteiger charge is -2.28. The number of amides is 1. The Balaban J connectivity index is 1.53. The zero-order valence-corrected chi connectivity index (χ0v) is 14.9. The molecule has 1 amide bonds. The number of methoxy groups -OCH3 is 1. The van der Waals surface area contributed by atoms with Gasteiger partial charge in [0.25, 0.3) is 5.91 Å². The first-order valence-electron chi connectivity index (χ1n) is 8.74. The van der Waals surface area contributed by atoms with E-state index < -0.39 is 0 Å². The summed E-state index contributed by atoms with van der Waals surface area (Å²) in [5.74, 6) is 1.11. The van der Waals surface area contributed by atoms with E-state index in [1.807, 2.05) is 18.3 Å². The maximum atomic E-state index is 12.3. The number of ether oxygens (including phenoxy) is 1. The summed E-state index contributed by atoms with van der Waals surface area (Å²) in [4.78, 5) is 19.1. The number of aliphatic imine (C=N–C) groups is 1. The predicted octanol–water partition coefficient (Wildman–Crippen LogP) is 3.01. The molecule has 5 heteroatoms. The molecule has 0 aliphatic carbocycles. The Hall–Kier alpha value is -2.40. The molecule has 0 aromatic heterocycles. The highest BCUT2D eigenvalue weighted by molar-refractivity contribution is 6.02. The molecule has 5 nitrogen and oxygen atoms in total. The average Bonchev–Trinajstić information content (AvgIpc) is 2.67. The Morgan fingerprint density at radius 1 is 1.44 bits per heavy atom. The summed E-state index contributed by atoms with van der Waals surface area (Å²) in [5, 5.41) is 2.98. The van der Waals surface area contributed by atoms with E-state index in [1.54, 1.807) is 19.2 Å². The summed E-state index contributed by atoms with van der Waals surface area (Å²) in [5.41, 5.74) is 3.19. The SMILES string of the molecule is COc1cccc(C(=O)NCN2CC=C(C3=NC=CCC3C)CC2)c1. The number of carbonyl (C=O) groups excluding carboxylic acids is 1. The lowest BCUT2D eigenvalue weighted by molar-refractivity contribution is 0.0925. The number of nitrogens with zero attached hydrogens (tertiary/aromatic N) is 2. The molecule has 2 aliphatic rings. The van der Waals surface area contributed by atoms with Crippen molar-refractivity contribution in [2.45, 2.75) is 19.8 Å². The van der Waals surface area contributed by atoms with Gasteiger partial charge in [-0.2, -0.15) is 0 Å². The van der Waals surface area contributed by atoms with Crippen molar-refractivity contribution in [1.82, 2.24) is 10.2 Å². The van der Waals surface area contributed by atoms with Crippen molar-refractivity contribution in [3.8, 4) is 5.75 Å². The first kappa shape index (κ1) is 17.4. The van der Waals surface area contributed by atoms with E-state index >= 15 is 0 Å². The predicted molar refractivity (Wildman–Crippen MR) is 100.0 cm³/mol. The Morgan fingerprint density at radius 3 is 3.04 bits per heavy atom. The van der Waals surface area contributed by atoms with E-state index in [9.17, 15) is 4.79 Å². The first-order chi connectivity index (χ1) is 12.2. The molecule has 0 radical (unpaired) electrons. The van der Waals surface area contributed by atoms with E-state index in [-0.39, 0.29) is 5.91 Å². The van der Waals surface area contributed by atoms with Crippen LogP contribution >= 0.6 is 0 Å². The van der Waals surface area contributed by atoms with Crippen molar-refractivity contribution >= 4 is 11.6 Å². The van der Waals surface area contributed by atoms with Crippen LogP contribution in [0.5, 0.6) is 5.75 Å². The number of benzene rings is 1. The Kier molecular flexibility index (Phi) is 5.66. The number of rotatable bonds is 5. The Labute approximate surface area is 149 Å². The van der Waals surface area contributed by atoms with Gasteiger partial charge in [-0.3, -0.25) is 14.7 Å². The van der Waals surface area contributed by atoms with Crippen LogP contribution in [0.2, 0.25) is 0 Å². The summed E-state index contributed by atoms with van der Waals surface area (Å²) in [6.45, 7) is 4.54. The third-order valence-electron chi connectivity index (χ3n) is 4.69. The molecular weight excluding hydrogens is 314 g/mol. The highest BCUT2D eigenvalue weighted by Crippen LogP contribution is 2.22. The number of hydrogen-bond acceptors (Lipinski definition) is 4. The molecule has 2 aliphatic heterocycles. The molecule has 3 rings (SSSR count). The van der Waals surface area contributed by atoms with Crippen LogP contribution < -0.4 is 10.1 Å². The van der Waals surface area contributed by atoms with Crippen molar-refractivity contribution in [2.24, 2.45) is 10.9 Å². The average molecular weight is 339 g/mol. The van der Waals surface area contributed by atoms with Gasteiger partial charge in [0.15, 0.2) is 0 Å². The molecular formula is C20H25N3O2. The van der Waals surface area contributed by atoms with Crippen LogP contribution in [0, 0.1) is 5.92 Å². The van der Waals surface area contributed by atoms with Gasteiger partial charge in [0.2, 0.25) is 0 Å². The van der Waals surface area contributed by atoms with Crippen molar-refractivity contribution in [1.29, 1.82) is 0 Å². The van der Waals surface area contributed by atoms with Gasteiger partial charge < -0.3 is 10.1 Å². The van der Waals surface area contributed by atoms with Crippen LogP contribution in [0.3, 0.4) is 0 Å². The van der Waals surface area contributed by atoms with Crippen LogP contribution in [0.1, 0.15) is 30.1 Å². The van der Waals surface area contributed by atoms with Crippen LogP contribution in [0.4, 0.5) is 0 Å². The molecule has 2 heterocycles. The molecule has 0 saturated heterocycles. The molecule has 1 N–H and O–H groups in total. The fourth-order valence-electron chi connectivity index (χ4n) is 3.17. The standard InChI is InChI=1S/C20H25N3O2/c1-15-5-4-10-21-19(15)16-8-11-23(12-9-16)14-22-20(24)17-6-3-7-18(13-17)25-2/h3-4,6-8,10,13,15H,5,9,11-12,14H2,1-2H3,(H,22,24). The molecule has 1 atom stereocenters. The number of carbonyl (C=O) groups is 1. The van der Waals surface area contributed by atoms with Gasteiger partial charge in [0, 0.05) is 36.5 Å². The first-order valence-corrected chi connectivity index (χ1v) is 8.74. The smallest absolute Gasteiger partial charge is 0.252 e. The normalized spacial score (nSPS) is 20.6. The van der Waals surface area contributed by atoms with Crippen LogP contribution in [-0.2, 0) is 0 Å². The highest BCUT2D eigenvalue weighted by atomic mass is 16.5. The minimum Gasteiger partial charge on any atom is -0.497 e. The van der Waals surface area contributed by atoms with E-state index in [2.05, 4.69) is 34.3 Å². The molecule has 1 aromatic rings. The Morgan fingerprint density at radius 2 is 2.32 bits per heavy atom. The quantitative estimate of drug-likeness (QED) is 0.897. The maximum absolute atomic E-state index is 12.3. The van der Waals surface area contributed by atoms with Crippen molar-refractivity contribution in [3.05, 3.63) is 53.8 Å². The molecule has 0 spiro atoms. The zero-order valence-electron chi connectivity index (χ0n) is 14.9.